The van der Waals surface area contributed by atoms with Crippen molar-refractivity contribution in [1.82, 2.24) is 14.3 Å². The SMILES string of the molecule is Cc1c(NC(=S)Nc2ccc(S(=O)(=O)Nc3nccs3)cc2)c(=O)n(-c2ccccc2)n1C. The van der Waals surface area contributed by atoms with Crippen LogP contribution in [0.2, 0.25) is 0 Å². The normalized spacial score (nSPS) is 11.2. The predicted octanol–water partition coefficient (Wildman–Crippen LogP) is 3.55. The Hall–Kier alpha value is -3.48. The van der Waals surface area contributed by atoms with E-state index in [1.807, 2.05) is 37.3 Å². The molecular weight excluding hydrogens is 480 g/mol. The maximum absolute atomic E-state index is 13.0. The van der Waals surface area contributed by atoms with Crippen LogP contribution in [0.25, 0.3) is 5.69 Å². The third-order valence-corrected chi connectivity index (χ3v) is 7.25. The highest BCUT2D eigenvalue weighted by Gasteiger charge is 2.18. The summed E-state index contributed by atoms with van der Waals surface area (Å²) in [5.74, 6) is 0. The summed E-state index contributed by atoms with van der Waals surface area (Å²) in [6, 6.07) is 15.4. The maximum atomic E-state index is 13.0. The Morgan fingerprint density at radius 2 is 1.76 bits per heavy atom. The maximum Gasteiger partial charge on any atom is 0.295 e. The van der Waals surface area contributed by atoms with Gasteiger partial charge in [0.1, 0.15) is 5.69 Å². The highest BCUT2D eigenvalue weighted by atomic mass is 32.2. The van der Waals surface area contributed by atoms with E-state index in [0.29, 0.717) is 22.2 Å². The van der Waals surface area contributed by atoms with E-state index in [1.165, 1.54) is 29.7 Å². The first-order valence-corrected chi connectivity index (χ1v) is 12.5. The number of rotatable bonds is 6. The third-order valence-electron chi connectivity index (χ3n) is 4.87. The Kier molecular flexibility index (Phi) is 6.31. The fourth-order valence-corrected chi connectivity index (χ4v) is 5.16. The van der Waals surface area contributed by atoms with E-state index >= 15 is 0 Å². The van der Waals surface area contributed by atoms with Gasteiger partial charge in [-0.15, -0.1) is 11.3 Å². The molecule has 0 saturated heterocycles. The smallest absolute Gasteiger partial charge is 0.295 e. The monoisotopic (exact) mass is 500 g/mol. The van der Waals surface area contributed by atoms with Crippen LogP contribution in [0.5, 0.6) is 0 Å². The van der Waals surface area contributed by atoms with Gasteiger partial charge in [0, 0.05) is 24.3 Å². The molecule has 0 fully saturated rings. The molecule has 0 aliphatic rings. The van der Waals surface area contributed by atoms with Gasteiger partial charge < -0.3 is 10.6 Å². The Bertz CT molecular complexity index is 1440. The minimum Gasteiger partial charge on any atom is -0.332 e. The molecular formula is C21H20N6O3S3. The Balaban J connectivity index is 1.48. The van der Waals surface area contributed by atoms with E-state index in [0.717, 1.165) is 5.69 Å². The number of nitrogens with zero attached hydrogens (tertiary/aromatic N) is 3. The molecule has 3 N–H and O–H groups in total. The van der Waals surface area contributed by atoms with Gasteiger partial charge in [0.15, 0.2) is 10.2 Å². The van der Waals surface area contributed by atoms with Crippen molar-refractivity contribution in [1.29, 1.82) is 0 Å². The van der Waals surface area contributed by atoms with Gasteiger partial charge in [0.2, 0.25) is 0 Å². The predicted molar refractivity (Wildman–Crippen MR) is 135 cm³/mol. The standard InChI is InChI=1S/C21H20N6O3S3/c1-14-18(19(28)27(26(14)2)16-6-4-3-5-7-16)24-20(31)23-15-8-10-17(11-9-15)33(29,30)25-21-22-12-13-32-21/h3-13H,1-2H3,(H,22,25)(H2,23,24,31). The molecule has 170 valence electrons. The Morgan fingerprint density at radius 3 is 2.39 bits per heavy atom. The molecule has 0 saturated carbocycles. The van der Waals surface area contributed by atoms with Crippen molar-refractivity contribution in [3.63, 3.8) is 0 Å². The molecule has 12 heteroatoms. The number of hydrogen-bond acceptors (Lipinski definition) is 6. The molecule has 0 amide bonds. The quantitative estimate of drug-likeness (QED) is 0.347. The lowest BCUT2D eigenvalue weighted by atomic mass is 10.3. The van der Waals surface area contributed by atoms with Crippen molar-refractivity contribution < 1.29 is 8.42 Å². The van der Waals surface area contributed by atoms with Crippen LogP contribution in [0.4, 0.5) is 16.5 Å². The van der Waals surface area contributed by atoms with E-state index in [4.69, 9.17) is 12.2 Å². The van der Waals surface area contributed by atoms with Crippen molar-refractivity contribution in [2.24, 2.45) is 7.05 Å². The summed E-state index contributed by atoms with van der Waals surface area (Å²) >= 11 is 6.56. The molecule has 9 nitrogen and oxygen atoms in total. The lowest BCUT2D eigenvalue weighted by Gasteiger charge is -2.11. The molecule has 0 bridgehead atoms. The number of thiocarbonyl (C=S) groups is 1. The fraction of sp³-hybridized carbons (Fsp3) is 0.0952. The second kappa shape index (κ2) is 9.17. The third kappa shape index (κ3) is 4.82. The molecule has 2 heterocycles. The molecule has 2 aromatic heterocycles. The molecule has 4 aromatic rings. The molecule has 33 heavy (non-hydrogen) atoms. The van der Waals surface area contributed by atoms with Crippen molar-refractivity contribution in [2.75, 3.05) is 15.4 Å². The number of para-hydroxylation sites is 1. The number of nitrogens with one attached hydrogen (secondary N) is 3. The molecule has 4 rings (SSSR count). The molecule has 0 radical (unpaired) electrons. The highest BCUT2D eigenvalue weighted by Crippen LogP contribution is 2.20. The summed E-state index contributed by atoms with van der Waals surface area (Å²) in [6.45, 7) is 1.82. The number of anilines is 3. The largest absolute Gasteiger partial charge is 0.332 e. The summed E-state index contributed by atoms with van der Waals surface area (Å²) in [6.07, 6.45) is 1.52. The van der Waals surface area contributed by atoms with Crippen LogP contribution in [0.1, 0.15) is 5.69 Å². The van der Waals surface area contributed by atoms with Gasteiger partial charge in [0.05, 0.1) is 16.3 Å². The summed E-state index contributed by atoms with van der Waals surface area (Å²) in [5.41, 5.74) is 2.13. The first kappa shape index (κ1) is 22.7. The lowest BCUT2D eigenvalue weighted by molar-refractivity contribution is 0.601. The van der Waals surface area contributed by atoms with Gasteiger partial charge in [-0.1, -0.05) is 18.2 Å². The highest BCUT2D eigenvalue weighted by molar-refractivity contribution is 7.93. The van der Waals surface area contributed by atoms with E-state index in [-0.39, 0.29) is 15.6 Å². The van der Waals surface area contributed by atoms with E-state index in [1.54, 1.807) is 33.9 Å². The van der Waals surface area contributed by atoms with Gasteiger partial charge in [0.25, 0.3) is 15.6 Å². The number of aromatic nitrogens is 3. The Labute approximate surface area is 199 Å². The number of hydrogen-bond donors (Lipinski definition) is 3. The van der Waals surface area contributed by atoms with Crippen LogP contribution in [-0.2, 0) is 17.1 Å². The van der Waals surface area contributed by atoms with E-state index < -0.39 is 10.0 Å². The first-order chi connectivity index (χ1) is 15.8. The summed E-state index contributed by atoms with van der Waals surface area (Å²) in [5, 5.41) is 8.12. The average molecular weight is 501 g/mol. The van der Waals surface area contributed by atoms with Gasteiger partial charge in [-0.2, -0.15) is 0 Å². The first-order valence-electron chi connectivity index (χ1n) is 9.70. The number of sulfonamides is 1. The van der Waals surface area contributed by atoms with E-state index in [9.17, 15) is 13.2 Å². The van der Waals surface area contributed by atoms with Crippen LogP contribution in [0.15, 0.2) is 75.9 Å². The number of thiazole rings is 1. The average Bonchev–Trinajstić information content (AvgIpc) is 3.37. The molecule has 0 atom stereocenters. The van der Waals surface area contributed by atoms with Gasteiger partial charge in [-0.05, 0) is 55.5 Å². The summed E-state index contributed by atoms with van der Waals surface area (Å²) in [7, 11) is -1.95. The molecule has 0 aliphatic heterocycles. The van der Waals surface area contributed by atoms with Gasteiger partial charge in [-0.25, -0.2) is 18.1 Å². The molecule has 0 aliphatic carbocycles. The lowest BCUT2D eigenvalue weighted by Crippen LogP contribution is -2.25. The Morgan fingerprint density at radius 1 is 1.06 bits per heavy atom. The second-order valence-corrected chi connectivity index (χ2v) is 9.97. The van der Waals surface area contributed by atoms with E-state index in [2.05, 4.69) is 20.3 Å². The summed E-state index contributed by atoms with van der Waals surface area (Å²) in [4.78, 5) is 17.0. The minimum absolute atomic E-state index is 0.0896. The zero-order valence-corrected chi connectivity index (χ0v) is 20.1. The topological polar surface area (TPSA) is 110 Å². The van der Waals surface area contributed by atoms with Crippen LogP contribution >= 0.6 is 23.6 Å². The van der Waals surface area contributed by atoms with Crippen LogP contribution < -0.4 is 20.9 Å². The zero-order chi connectivity index (χ0) is 23.6. The molecule has 2 aromatic carbocycles. The van der Waals surface area contributed by atoms with Crippen LogP contribution in [0, 0.1) is 6.92 Å². The van der Waals surface area contributed by atoms with Crippen molar-refractivity contribution >= 4 is 55.2 Å². The fourth-order valence-electron chi connectivity index (χ4n) is 3.15. The van der Waals surface area contributed by atoms with Crippen molar-refractivity contribution in [3.05, 3.63) is 82.2 Å². The van der Waals surface area contributed by atoms with Crippen LogP contribution in [0.3, 0.4) is 0 Å². The molecule has 0 spiro atoms. The zero-order valence-electron chi connectivity index (χ0n) is 17.6. The number of benzene rings is 2. The van der Waals surface area contributed by atoms with Gasteiger partial charge in [-0.3, -0.25) is 14.2 Å². The second-order valence-electron chi connectivity index (χ2n) is 6.98. The van der Waals surface area contributed by atoms with Gasteiger partial charge >= 0.3 is 0 Å². The summed E-state index contributed by atoms with van der Waals surface area (Å²) < 4.78 is 30.6. The van der Waals surface area contributed by atoms with Crippen molar-refractivity contribution in [3.8, 4) is 5.69 Å². The molecule has 0 unspecified atom stereocenters. The van der Waals surface area contributed by atoms with Crippen molar-refractivity contribution in [2.45, 2.75) is 11.8 Å². The minimum atomic E-state index is -3.74. The van der Waals surface area contributed by atoms with Crippen LogP contribution in [-0.4, -0.2) is 27.9 Å².